The molecule has 1 aromatic carbocycles. The van der Waals surface area contributed by atoms with E-state index < -0.39 is 11.4 Å². The van der Waals surface area contributed by atoms with Crippen LogP contribution in [0.3, 0.4) is 0 Å². The lowest BCUT2D eigenvalue weighted by atomic mass is 10.1. The van der Waals surface area contributed by atoms with Gasteiger partial charge in [-0.3, -0.25) is 0 Å². The van der Waals surface area contributed by atoms with E-state index in [-0.39, 0.29) is 0 Å². The molecule has 0 unspecified atom stereocenters. The number of hydrogen-bond acceptors (Lipinski definition) is 0. The van der Waals surface area contributed by atoms with Gasteiger partial charge in [-0.25, -0.2) is 30.1 Å². The summed E-state index contributed by atoms with van der Waals surface area (Å²) in [5, 5.41) is 0. The van der Waals surface area contributed by atoms with Crippen LogP contribution in [-0.2, 0) is 6.42 Å². The van der Waals surface area contributed by atoms with Crippen LogP contribution in [0.15, 0.2) is 30.3 Å². The fourth-order valence-corrected chi connectivity index (χ4v) is 1.15. The van der Waals surface area contributed by atoms with Gasteiger partial charge in [-0.2, -0.15) is 0 Å². The van der Waals surface area contributed by atoms with Crippen LogP contribution in [-0.4, -0.2) is 11.4 Å². The van der Waals surface area contributed by atoms with Crippen LogP contribution < -0.4 is 0 Å². The molecule has 15 heavy (non-hydrogen) atoms. The molecule has 0 bridgehead atoms. The van der Waals surface area contributed by atoms with Gasteiger partial charge in [0.2, 0.25) is 0 Å². The number of benzene rings is 1. The number of unbranched alkanes of at least 4 members (excludes halogenated alkanes) is 2. The molecular weight excluding hydrogens is 265 g/mol. The van der Waals surface area contributed by atoms with E-state index in [9.17, 15) is 0 Å². The smallest absolute Gasteiger partial charge is 0.214 e. The van der Waals surface area contributed by atoms with Crippen molar-refractivity contribution in [1.29, 1.82) is 0 Å². The predicted octanol–water partition coefficient (Wildman–Crippen LogP) is 4.92. The first-order valence-corrected chi connectivity index (χ1v) is 10.2. The molecule has 0 amide bonds. The van der Waals surface area contributed by atoms with Gasteiger partial charge in [-0.1, -0.05) is 50.1 Å². The van der Waals surface area contributed by atoms with Gasteiger partial charge in [-0.05, 0) is 18.4 Å². The first-order chi connectivity index (χ1) is 7.16. The van der Waals surface area contributed by atoms with Crippen molar-refractivity contribution < 1.29 is 0 Å². The van der Waals surface area contributed by atoms with E-state index in [4.69, 9.17) is 30.1 Å². The van der Waals surface area contributed by atoms with Crippen molar-refractivity contribution in [2.24, 2.45) is 0 Å². The highest BCUT2D eigenvalue weighted by molar-refractivity contribution is 7.54. The van der Waals surface area contributed by atoms with Gasteiger partial charge in [-0.15, -0.1) is 0 Å². The highest BCUT2D eigenvalue weighted by Gasteiger charge is 2.00. The normalized spacial score (nSPS) is 9.07. The first-order valence-electron chi connectivity index (χ1n) is 4.92. The lowest BCUT2D eigenvalue weighted by molar-refractivity contribution is 0.746. The minimum absolute atomic E-state index is 1.06. The minimum Gasteiger partial charge on any atom is -0.214 e. The highest BCUT2D eigenvalue weighted by atomic mass is 35.8. The Morgan fingerprint density at radius 3 is 2.00 bits per heavy atom. The van der Waals surface area contributed by atoms with E-state index in [1.807, 2.05) is 0 Å². The van der Waals surface area contributed by atoms with Crippen molar-refractivity contribution in [3.8, 4) is 0 Å². The van der Waals surface area contributed by atoms with Gasteiger partial charge >= 0.3 is 11.4 Å². The molecule has 0 N–H and O–H groups in total. The molecule has 0 atom stereocenters. The summed E-state index contributed by atoms with van der Waals surface area (Å²) in [5.74, 6) is 0. The number of halogens is 3. The van der Waals surface area contributed by atoms with Crippen LogP contribution in [0.25, 0.3) is 0 Å². The molecule has 0 fully saturated rings. The standard InChI is InChI=1S/C11H15.Al.3ClH/c1-2-3-5-8-11-9-6-4-7-10-11;;;;/h4,6-7,9-10H,1-3,5,8H2;;3*1H/q;+3;;;/p-3. The lowest BCUT2D eigenvalue weighted by Crippen LogP contribution is -1.83. The minimum atomic E-state index is -1.72. The van der Waals surface area contributed by atoms with Crippen LogP contribution in [0.5, 0.6) is 0 Å². The van der Waals surface area contributed by atoms with E-state index in [0.717, 1.165) is 6.42 Å². The topological polar surface area (TPSA) is 0 Å². The summed E-state index contributed by atoms with van der Waals surface area (Å²) in [6, 6.07) is 10.6. The first kappa shape index (κ1) is 15.6. The predicted molar refractivity (Wildman–Crippen MR) is 72.7 cm³/mol. The summed E-state index contributed by atoms with van der Waals surface area (Å²) in [6.07, 6.45) is 4.78. The molecule has 0 aromatic heterocycles. The Bertz CT molecular complexity index is 224. The number of aryl methyl sites for hydroxylation is 1. The van der Waals surface area contributed by atoms with Crippen molar-refractivity contribution in [2.45, 2.75) is 25.7 Å². The number of hydrogen-bond donors (Lipinski definition) is 0. The second kappa shape index (κ2) is 11.1. The quantitative estimate of drug-likeness (QED) is 0.542. The zero-order valence-corrected chi connectivity index (χ0v) is 12.1. The molecule has 83 valence electrons. The van der Waals surface area contributed by atoms with Crippen molar-refractivity contribution in [2.75, 3.05) is 0 Å². The average Bonchev–Trinajstić information content (AvgIpc) is 2.19. The second-order valence-corrected chi connectivity index (χ2v) is 9.48. The van der Waals surface area contributed by atoms with Crippen LogP contribution in [0.4, 0.5) is 0 Å². The van der Waals surface area contributed by atoms with E-state index in [0.29, 0.717) is 0 Å². The maximum absolute atomic E-state index is 4.94. The van der Waals surface area contributed by atoms with Crippen LogP contribution in [0, 0.1) is 6.92 Å². The maximum atomic E-state index is 4.94. The Morgan fingerprint density at radius 2 is 1.53 bits per heavy atom. The Morgan fingerprint density at radius 1 is 1.00 bits per heavy atom. The third kappa shape index (κ3) is 12.6. The van der Waals surface area contributed by atoms with Crippen molar-refractivity contribution in [3.63, 3.8) is 0 Å². The number of rotatable bonds is 4. The molecular formula is C11H15AlCl3. The summed E-state index contributed by atoms with van der Waals surface area (Å²) in [6.45, 7) is 3.82. The third-order valence-corrected chi connectivity index (χ3v) is 1.81. The largest absolute Gasteiger partial charge is 0.643 e. The Labute approximate surface area is 110 Å². The van der Waals surface area contributed by atoms with Crippen LogP contribution in [0.1, 0.15) is 24.8 Å². The SMILES string of the molecule is [CH2]CCCCc1ccccc1.[Cl][Al]([Cl])[Cl]. The van der Waals surface area contributed by atoms with E-state index in [2.05, 4.69) is 37.3 Å². The highest BCUT2D eigenvalue weighted by Crippen LogP contribution is 2.05. The van der Waals surface area contributed by atoms with E-state index in [1.54, 1.807) is 0 Å². The molecule has 0 heterocycles. The molecule has 1 rings (SSSR count). The Balaban J connectivity index is 0.000000423. The fraction of sp³-hybridized carbons (Fsp3) is 0.364. The third-order valence-electron chi connectivity index (χ3n) is 1.81. The monoisotopic (exact) mass is 279 g/mol. The molecule has 0 spiro atoms. The van der Waals surface area contributed by atoms with E-state index >= 15 is 0 Å². The molecule has 0 nitrogen and oxygen atoms in total. The lowest BCUT2D eigenvalue weighted by Gasteiger charge is -1.98. The molecule has 0 aliphatic heterocycles. The summed E-state index contributed by atoms with van der Waals surface area (Å²) >= 11 is -1.72. The molecule has 0 saturated carbocycles. The van der Waals surface area contributed by atoms with Gasteiger partial charge < -0.3 is 0 Å². The molecule has 1 radical (unpaired) electrons. The molecule has 0 aliphatic carbocycles. The van der Waals surface area contributed by atoms with Gasteiger partial charge in [0.05, 0.1) is 0 Å². The van der Waals surface area contributed by atoms with Gasteiger partial charge in [0.1, 0.15) is 0 Å². The summed E-state index contributed by atoms with van der Waals surface area (Å²) in [4.78, 5) is 0. The van der Waals surface area contributed by atoms with Crippen LogP contribution in [0.2, 0.25) is 0 Å². The molecule has 0 aliphatic rings. The van der Waals surface area contributed by atoms with Crippen LogP contribution >= 0.6 is 30.1 Å². The fourth-order valence-electron chi connectivity index (χ4n) is 1.15. The molecule has 0 saturated heterocycles. The molecule has 4 heteroatoms. The molecule has 1 aromatic rings. The maximum Gasteiger partial charge on any atom is 0.643 e. The second-order valence-electron chi connectivity index (χ2n) is 3.04. The van der Waals surface area contributed by atoms with Crippen molar-refractivity contribution in [1.82, 2.24) is 0 Å². The van der Waals surface area contributed by atoms with Crippen molar-refractivity contribution in [3.05, 3.63) is 42.8 Å². The summed E-state index contributed by atoms with van der Waals surface area (Å²) < 4.78 is 0. The van der Waals surface area contributed by atoms with Gasteiger partial charge in [0.25, 0.3) is 0 Å². The average molecular weight is 281 g/mol. The van der Waals surface area contributed by atoms with Crippen molar-refractivity contribution >= 4 is 41.5 Å². The summed E-state index contributed by atoms with van der Waals surface area (Å²) in [7, 11) is 14.8. The van der Waals surface area contributed by atoms with Gasteiger partial charge in [0, 0.05) is 0 Å². The zero-order chi connectivity index (χ0) is 11.5. The zero-order valence-electron chi connectivity index (χ0n) is 8.63. The summed E-state index contributed by atoms with van der Waals surface area (Å²) in [5.41, 5.74) is 1.45. The van der Waals surface area contributed by atoms with Gasteiger partial charge in [0.15, 0.2) is 0 Å². The Kier molecular flexibility index (Phi) is 11.6. The van der Waals surface area contributed by atoms with E-state index in [1.165, 1.54) is 24.8 Å². The Hall–Kier alpha value is 0.622.